The summed E-state index contributed by atoms with van der Waals surface area (Å²) in [6.07, 6.45) is 1.99. The van der Waals surface area contributed by atoms with Gasteiger partial charge in [0.25, 0.3) is 0 Å². The lowest BCUT2D eigenvalue weighted by Gasteiger charge is -2.08. The Bertz CT molecular complexity index is 128. The molecule has 0 aliphatic carbocycles. The second-order valence-electron chi connectivity index (χ2n) is 2.81. The molecule has 0 saturated carbocycles. The Morgan fingerprint density at radius 3 is 2.75 bits per heavy atom. The maximum absolute atomic E-state index is 10.3. The minimum absolute atomic E-state index is 0.110. The number of carbonyl (C=O) groups is 1. The molecule has 0 rings (SSSR count). The molecule has 12 heavy (non-hydrogen) atoms. The summed E-state index contributed by atoms with van der Waals surface area (Å²) in [6.45, 7) is 3.14. The molecule has 0 bridgehead atoms. The number of amides is 1. The molecule has 0 aliphatic rings. The largest absolute Gasteiger partial charge is 0.380 e. The first-order chi connectivity index (χ1) is 5.66. The number of primary amides is 1. The molecule has 1 atom stereocenters. The summed E-state index contributed by atoms with van der Waals surface area (Å²) >= 11 is 0. The van der Waals surface area contributed by atoms with Gasteiger partial charge in [-0.05, 0) is 12.8 Å². The van der Waals surface area contributed by atoms with E-state index >= 15 is 0 Å². The number of ether oxygens (including phenoxy) is 1. The Hall–Kier alpha value is -0.610. The van der Waals surface area contributed by atoms with Gasteiger partial charge in [-0.3, -0.25) is 4.79 Å². The van der Waals surface area contributed by atoms with Gasteiger partial charge in [-0.1, -0.05) is 6.92 Å². The second-order valence-corrected chi connectivity index (χ2v) is 2.81. The summed E-state index contributed by atoms with van der Waals surface area (Å²) in [5.74, 6) is -0.279. The van der Waals surface area contributed by atoms with Gasteiger partial charge in [-0.15, -0.1) is 0 Å². The maximum Gasteiger partial charge on any atom is 0.217 e. The van der Waals surface area contributed by atoms with Crippen molar-refractivity contribution in [2.75, 3.05) is 13.2 Å². The van der Waals surface area contributed by atoms with Crippen LogP contribution in [0.15, 0.2) is 0 Å². The second kappa shape index (κ2) is 7.06. The predicted molar refractivity (Wildman–Crippen MR) is 47.5 cm³/mol. The molecule has 0 spiro atoms. The molecular weight excluding hydrogens is 156 g/mol. The minimum Gasteiger partial charge on any atom is -0.380 e. The van der Waals surface area contributed by atoms with E-state index in [1.165, 1.54) is 0 Å². The van der Waals surface area contributed by atoms with Crippen molar-refractivity contribution in [3.63, 3.8) is 0 Å². The van der Waals surface area contributed by atoms with E-state index in [1.54, 1.807) is 0 Å². The average molecular weight is 174 g/mol. The van der Waals surface area contributed by atoms with Gasteiger partial charge in [0.05, 0.1) is 6.61 Å². The summed E-state index contributed by atoms with van der Waals surface area (Å²) in [7, 11) is 0. The van der Waals surface area contributed by atoms with Crippen LogP contribution in [-0.4, -0.2) is 25.2 Å². The Morgan fingerprint density at radius 2 is 2.25 bits per heavy atom. The fourth-order valence-corrected chi connectivity index (χ4v) is 0.701. The van der Waals surface area contributed by atoms with Crippen molar-refractivity contribution in [2.45, 2.75) is 32.2 Å². The standard InChI is InChI=1S/C8H18N2O2/c1-2-7(9)6-12-5-3-4-8(10)11/h7H,2-6,9H2,1H3,(H2,10,11). The van der Waals surface area contributed by atoms with Gasteiger partial charge >= 0.3 is 0 Å². The van der Waals surface area contributed by atoms with Crippen LogP contribution in [0, 0.1) is 0 Å². The molecule has 4 nitrogen and oxygen atoms in total. The highest BCUT2D eigenvalue weighted by Gasteiger charge is 1.98. The van der Waals surface area contributed by atoms with Crippen molar-refractivity contribution in [3.8, 4) is 0 Å². The fourth-order valence-electron chi connectivity index (χ4n) is 0.701. The Morgan fingerprint density at radius 1 is 1.58 bits per heavy atom. The highest BCUT2D eigenvalue weighted by Crippen LogP contribution is 1.91. The highest BCUT2D eigenvalue weighted by molar-refractivity contribution is 5.73. The van der Waals surface area contributed by atoms with Gasteiger partial charge < -0.3 is 16.2 Å². The lowest BCUT2D eigenvalue weighted by atomic mass is 10.2. The topological polar surface area (TPSA) is 78.3 Å². The zero-order valence-corrected chi connectivity index (χ0v) is 7.58. The molecule has 0 aromatic carbocycles. The van der Waals surface area contributed by atoms with E-state index in [1.807, 2.05) is 6.92 Å². The van der Waals surface area contributed by atoms with Crippen LogP contribution in [0.25, 0.3) is 0 Å². The van der Waals surface area contributed by atoms with E-state index in [9.17, 15) is 4.79 Å². The first-order valence-corrected chi connectivity index (χ1v) is 4.28. The molecule has 0 saturated heterocycles. The van der Waals surface area contributed by atoms with Crippen LogP contribution < -0.4 is 11.5 Å². The van der Waals surface area contributed by atoms with Gasteiger partial charge in [0, 0.05) is 19.1 Å². The lowest BCUT2D eigenvalue weighted by Crippen LogP contribution is -2.25. The molecule has 0 aromatic heterocycles. The van der Waals surface area contributed by atoms with Crippen LogP contribution in [0.2, 0.25) is 0 Å². The maximum atomic E-state index is 10.3. The van der Waals surface area contributed by atoms with Crippen molar-refractivity contribution < 1.29 is 9.53 Å². The van der Waals surface area contributed by atoms with Crippen LogP contribution in [-0.2, 0) is 9.53 Å². The van der Waals surface area contributed by atoms with Gasteiger partial charge in [0.1, 0.15) is 0 Å². The number of hydrogen-bond acceptors (Lipinski definition) is 3. The summed E-state index contributed by atoms with van der Waals surface area (Å²) in [5.41, 5.74) is 10.5. The molecule has 0 heterocycles. The van der Waals surface area contributed by atoms with Gasteiger partial charge in [-0.2, -0.15) is 0 Å². The third-order valence-corrected chi connectivity index (χ3v) is 1.57. The number of nitrogens with two attached hydrogens (primary N) is 2. The summed E-state index contributed by atoms with van der Waals surface area (Å²) in [4.78, 5) is 10.3. The summed E-state index contributed by atoms with van der Waals surface area (Å²) in [6, 6.07) is 0.110. The third kappa shape index (κ3) is 7.50. The monoisotopic (exact) mass is 174 g/mol. The summed E-state index contributed by atoms with van der Waals surface area (Å²) in [5, 5.41) is 0. The molecule has 72 valence electrons. The molecular formula is C8H18N2O2. The summed E-state index contributed by atoms with van der Waals surface area (Å²) < 4.78 is 5.20. The zero-order chi connectivity index (χ0) is 9.40. The predicted octanol–water partition coefficient (Wildman–Crippen LogP) is 0.00580. The normalized spacial score (nSPS) is 12.8. The fraction of sp³-hybridized carbons (Fsp3) is 0.875. The van der Waals surface area contributed by atoms with Crippen molar-refractivity contribution in [1.29, 1.82) is 0 Å². The van der Waals surface area contributed by atoms with E-state index in [2.05, 4.69) is 0 Å². The molecule has 1 amide bonds. The SMILES string of the molecule is CCC(N)COCCCC(N)=O. The zero-order valence-electron chi connectivity index (χ0n) is 7.58. The molecule has 0 aromatic rings. The third-order valence-electron chi connectivity index (χ3n) is 1.57. The smallest absolute Gasteiger partial charge is 0.217 e. The minimum atomic E-state index is -0.279. The molecule has 1 unspecified atom stereocenters. The van der Waals surface area contributed by atoms with Gasteiger partial charge in [0.2, 0.25) is 5.91 Å². The van der Waals surface area contributed by atoms with Crippen molar-refractivity contribution in [3.05, 3.63) is 0 Å². The quantitative estimate of drug-likeness (QED) is 0.533. The molecule has 4 heteroatoms. The Kier molecular flexibility index (Phi) is 6.70. The van der Waals surface area contributed by atoms with Crippen molar-refractivity contribution in [2.24, 2.45) is 11.5 Å². The van der Waals surface area contributed by atoms with Crippen LogP contribution in [0.1, 0.15) is 26.2 Å². The molecule has 0 fully saturated rings. The van der Waals surface area contributed by atoms with Crippen molar-refractivity contribution in [1.82, 2.24) is 0 Å². The van der Waals surface area contributed by atoms with E-state index < -0.39 is 0 Å². The average Bonchev–Trinajstić information content (AvgIpc) is 2.03. The van der Waals surface area contributed by atoms with E-state index in [-0.39, 0.29) is 11.9 Å². The molecule has 4 N–H and O–H groups in total. The van der Waals surface area contributed by atoms with Crippen LogP contribution in [0.5, 0.6) is 0 Å². The Labute approximate surface area is 73.2 Å². The lowest BCUT2D eigenvalue weighted by molar-refractivity contribution is -0.118. The van der Waals surface area contributed by atoms with E-state index in [0.717, 1.165) is 6.42 Å². The van der Waals surface area contributed by atoms with E-state index in [0.29, 0.717) is 26.1 Å². The molecule has 0 radical (unpaired) electrons. The first kappa shape index (κ1) is 11.4. The number of hydrogen-bond donors (Lipinski definition) is 2. The van der Waals surface area contributed by atoms with Gasteiger partial charge in [0.15, 0.2) is 0 Å². The van der Waals surface area contributed by atoms with Crippen LogP contribution in [0.3, 0.4) is 0 Å². The Balaban J connectivity index is 3.05. The highest BCUT2D eigenvalue weighted by atomic mass is 16.5. The van der Waals surface area contributed by atoms with Crippen LogP contribution in [0.4, 0.5) is 0 Å². The van der Waals surface area contributed by atoms with Gasteiger partial charge in [-0.25, -0.2) is 0 Å². The van der Waals surface area contributed by atoms with E-state index in [4.69, 9.17) is 16.2 Å². The number of rotatable bonds is 7. The first-order valence-electron chi connectivity index (χ1n) is 4.28. The van der Waals surface area contributed by atoms with Crippen molar-refractivity contribution >= 4 is 5.91 Å². The number of carbonyl (C=O) groups excluding carboxylic acids is 1. The van der Waals surface area contributed by atoms with Crippen LogP contribution >= 0.6 is 0 Å². The molecule has 0 aliphatic heterocycles.